The SMILES string of the molecule is CC(C)(C)OC(=O)NC1CC(Oc2ccc(B3OC(C)(C)C(C)(C)O3)cn2)C1. The smallest absolute Gasteiger partial charge is 0.474 e. The molecular formula is C20H31BN2O5. The minimum Gasteiger partial charge on any atom is -0.474 e. The van der Waals surface area contributed by atoms with Crippen molar-refractivity contribution in [3.05, 3.63) is 18.3 Å². The molecule has 1 saturated heterocycles. The molecule has 1 aromatic heterocycles. The molecule has 2 fully saturated rings. The lowest BCUT2D eigenvalue weighted by molar-refractivity contribution is 0.00578. The van der Waals surface area contributed by atoms with Gasteiger partial charge in [0.15, 0.2) is 0 Å². The zero-order valence-corrected chi connectivity index (χ0v) is 17.9. The number of nitrogens with one attached hydrogen (secondary N) is 1. The first-order valence-corrected chi connectivity index (χ1v) is 9.82. The number of aromatic nitrogens is 1. The minimum absolute atomic E-state index is 0.0372. The predicted octanol–water partition coefficient (Wildman–Crippen LogP) is 2.82. The van der Waals surface area contributed by atoms with Crippen LogP contribution in [0.25, 0.3) is 0 Å². The summed E-state index contributed by atoms with van der Waals surface area (Å²) in [5, 5.41) is 2.86. The van der Waals surface area contributed by atoms with Gasteiger partial charge >= 0.3 is 13.2 Å². The van der Waals surface area contributed by atoms with Gasteiger partial charge in [-0.15, -0.1) is 0 Å². The maximum atomic E-state index is 11.8. The molecule has 7 nitrogen and oxygen atoms in total. The Kier molecular flexibility index (Phi) is 5.40. The molecule has 1 aliphatic carbocycles. The summed E-state index contributed by atoms with van der Waals surface area (Å²) >= 11 is 0. The van der Waals surface area contributed by atoms with E-state index < -0.39 is 12.7 Å². The first-order chi connectivity index (χ1) is 12.8. The molecule has 154 valence electrons. The molecule has 0 spiro atoms. The third kappa shape index (κ3) is 4.78. The maximum absolute atomic E-state index is 11.8. The molecular weight excluding hydrogens is 359 g/mol. The van der Waals surface area contributed by atoms with E-state index >= 15 is 0 Å². The van der Waals surface area contributed by atoms with Gasteiger partial charge in [-0.2, -0.15) is 0 Å². The van der Waals surface area contributed by atoms with Crippen molar-refractivity contribution in [1.82, 2.24) is 10.3 Å². The zero-order valence-electron chi connectivity index (χ0n) is 17.9. The van der Waals surface area contributed by atoms with Crippen LogP contribution in [0.3, 0.4) is 0 Å². The molecule has 1 aliphatic heterocycles. The average Bonchev–Trinajstić information content (AvgIpc) is 2.72. The molecule has 0 bridgehead atoms. The molecule has 0 atom stereocenters. The fraction of sp³-hybridized carbons (Fsp3) is 0.700. The molecule has 0 unspecified atom stereocenters. The fourth-order valence-electron chi connectivity index (χ4n) is 3.00. The van der Waals surface area contributed by atoms with Gasteiger partial charge < -0.3 is 24.1 Å². The number of carbonyl (C=O) groups excluding carboxylic acids is 1. The van der Waals surface area contributed by atoms with Crippen molar-refractivity contribution in [3.8, 4) is 5.88 Å². The summed E-state index contributed by atoms with van der Waals surface area (Å²) in [7, 11) is -0.433. The Morgan fingerprint density at radius 2 is 1.79 bits per heavy atom. The summed E-state index contributed by atoms with van der Waals surface area (Å²) in [4.78, 5) is 16.2. The number of amides is 1. The molecule has 8 heteroatoms. The van der Waals surface area contributed by atoms with E-state index in [0.717, 1.165) is 18.3 Å². The predicted molar refractivity (Wildman–Crippen MR) is 107 cm³/mol. The monoisotopic (exact) mass is 390 g/mol. The molecule has 1 N–H and O–H groups in total. The zero-order chi connectivity index (χ0) is 20.7. The van der Waals surface area contributed by atoms with Gasteiger partial charge in [0.1, 0.15) is 11.7 Å². The van der Waals surface area contributed by atoms with Gasteiger partial charge in [-0.3, -0.25) is 0 Å². The van der Waals surface area contributed by atoms with E-state index in [1.807, 2.05) is 60.6 Å². The van der Waals surface area contributed by atoms with Crippen LogP contribution in [0.4, 0.5) is 4.79 Å². The number of rotatable bonds is 4. The van der Waals surface area contributed by atoms with Crippen LogP contribution in [0.15, 0.2) is 18.3 Å². The standard InChI is InChI=1S/C20H31BN2O5/c1-18(2,3)26-17(24)23-14-10-15(11-14)25-16-9-8-13(12-22-16)21-27-19(4,5)20(6,7)28-21/h8-9,12,14-15H,10-11H2,1-7H3,(H,23,24). The highest BCUT2D eigenvalue weighted by molar-refractivity contribution is 6.62. The van der Waals surface area contributed by atoms with Gasteiger partial charge in [-0.1, -0.05) is 6.07 Å². The van der Waals surface area contributed by atoms with Crippen molar-refractivity contribution in [2.75, 3.05) is 0 Å². The number of alkyl carbamates (subject to hydrolysis) is 1. The molecule has 0 radical (unpaired) electrons. The van der Waals surface area contributed by atoms with Crippen LogP contribution in [-0.4, -0.2) is 47.1 Å². The van der Waals surface area contributed by atoms with Gasteiger partial charge in [-0.05, 0) is 54.5 Å². The summed E-state index contributed by atoms with van der Waals surface area (Å²) in [5.41, 5.74) is -0.389. The Morgan fingerprint density at radius 3 is 2.29 bits per heavy atom. The van der Waals surface area contributed by atoms with E-state index in [0.29, 0.717) is 5.88 Å². The molecule has 2 heterocycles. The van der Waals surface area contributed by atoms with Crippen LogP contribution < -0.4 is 15.5 Å². The molecule has 1 saturated carbocycles. The lowest BCUT2D eigenvalue weighted by Crippen LogP contribution is -2.50. The highest BCUT2D eigenvalue weighted by Gasteiger charge is 2.51. The van der Waals surface area contributed by atoms with Gasteiger partial charge in [0.2, 0.25) is 5.88 Å². The van der Waals surface area contributed by atoms with E-state index in [1.54, 1.807) is 6.20 Å². The Balaban J connectivity index is 1.46. The van der Waals surface area contributed by atoms with E-state index in [-0.39, 0.29) is 29.4 Å². The lowest BCUT2D eigenvalue weighted by Gasteiger charge is -2.35. The molecule has 3 rings (SSSR count). The summed E-state index contributed by atoms with van der Waals surface area (Å²) in [6.07, 6.45) is 2.85. The topological polar surface area (TPSA) is 78.9 Å². The first-order valence-electron chi connectivity index (χ1n) is 9.82. The third-order valence-corrected chi connectivity index (χ3v) is 5.39. The van der Waals surface area contributed by atoms with Crippen LogP contribution in [0, 0.1) is 0 Å². The van der Waals surface area contributed by atoms with Crippen molar-refractivity contribution in [2.24, 2.45) is 0 Å². The number of carbonyl (C=O) groups is 1. The second kappa shape index (κ2) is 7.23. The summed E-state index contributed by atoms with van der Waals surface area (Å²) in [6, 6.07) is 3.82. The highest BCUT2D eigenvalue weighted by atomic mass is 16.7. The van der Waals surface area contributed by atoms with E-state index in [1.165, 1.54) is 0 Å². The normalized spacial score (nSPS) is 25.8. The number of pyridine rings is 1. The number of ether oxygens (including phenoxy) is 2. The molecule has 1 aromatic rings. The first kappa shape index (κ1) is 20.9. The fourth-order valence-corrected chi connectivity index (χ4v) is 3.00. The van der Waals surface area contributed by atoms with Gasteiger partial charge in [0, 0.05) is 30.5 Å². The van der Waals surface area contributed by atoms with Gasteiger partial charge in [-0.25, -0.2) is 9.78 Å². The van der Waals surface area contributed by atoms with E-state index in [2.05, 4.69) is 10.3 Å². The Labute approximate surface area is 167 Å². The van der Waals surface area contributed by atoms with Crippen molar-refractivity contribution in [2.45, 2.75) is 90.3 Å². The van der Waals surface area contributed by atoms with Crippen molar-refractivity contribution < 1.29 is 23.6 Å². The van der Waals surface area contributed by atoms with Crippen LogP contribution in [0.5, 0.6) is 5.88 Å². The minimum atomic E-state index is -0.493. The van der Waals surface area contributed by atoms with Crippen molar-refractivity contribution in [1.29, 1.82) is 0 Å². The van der Waals surface area contributed by atoms with Crippen LogP contribution in [0.2, 0.25) is 0 Å². The van der Waals surface area contributed by atoms with E-state index in [4.69, 9.17) is 18.8 Å². The van der Waals surface area contributed by atoms with E-state index in [9.17, 15) is 4.79 Å². The summed E-state index contributed by atoms with van der Waals surface area (Å²) in [6.45, 7) is 13.6. The quantitative estimate of drug-likeness (QED) is 0.797. The van der Waals surface area contributed by atoms with Crippen molar-refractivity contribution in [3.63, 3.8) is 0 Å². The van der Waals surface area contributed by atoms with Crippen LogP contribution in [0.1, 0.15) is 61.3 Å². The Morgan fingerprint density at radius 1 is 1.18 bits per heavy atom. The summed E-state index contributed by atoms with van der Waals surface area (Å²) < 4.78 is 23.2. The highest BCUT2D eigenvalue weighted by Crippen LogP contribution is 2.36. The Bertz CT molecular complexity index is 692. The molecule has 1 amide bonds. The maximum Gasteiger partial charge on any atom is 0.496 e. The second-order valence-corrected chi connectivity index (χ2v) is 9.57. The van der Waals surface area contributed by atoms with Gasteiger partial charge in [0.25, 0.3) is 0 Å². The van der Waals surface area contributed by atoms with Crippen molar-refractivity contribution >= 4 is 18.7 Å². The average molecular weight is 390 g/mol. The second-order valence-electron chi connectivity index (χ2n) is 9.57. The number of hydrogen-bond donors (Lipinski definition) is 1. The van der Waals surface area contributed by atoms with Crippen LogP contribution >= 0.6 is 0 Å². The summed E-state index contributed by atoms with van der Waals surface area (Å²) in [5.74, 6) is 0.556. The lowest BCUT2D eigenvalue weighted by atomic mass is 9.80. The molecule has 28 heavy (non-hydrogen) atoms. The number of hydrogen-bond acceptors (Lipinski definition) is 6. The van der Waals surface area contributed by atoms with Gasteiger partial charge in [0.05, 0.1) is 11.2 Å². The molecule has 0 aromatic carbocycles. The Hall–Kier alpha value is -1.80. The van der Waals surface area contributed by atoms with Crippen LogP contribution in [-0.2, 0) is 14.0 Å². The largest absolute Gasteiger partial charge is 0.496 e. The molecule has 2 aliphatic rings. The third-order valence-electron chi connectivity index (χ3n) is 5.39. The number of nitrogens with zero attached hydrogens (tertiary/aromatic N) is 1.